The van der Waals surface area contributed by atoms with Crippen LogP contribution >= 0.6 is 0 Å². The molecule has 0 atom stereocenters. The van der Waals surface area contributed by atoms with Crippen molar-refractivity contribution in [3.05, 3.63) is 58.0 Å². The van der Waals surface area contributed by atoms with Crippen LogP contribution in [-0.2, 0) is 0 Å². The summed E-state index contributed by atoms with van der Waals surface area (Å²) in [4.78, 5) is 23.3. The Morgan fingerprint density at radius 2 is 1.86 bits per heavy atom. The maximum absolute atomic E-state index is 13.3. The van der Waals surface area contributed by atoms with Gasteiger partial charge >= 0.3 is 5.97 Å². The van der Waals surface area contributed by atoms with E-state index in [9.17, 15) is 18.4 Å². The largest absolute Gasteiger partial charge is 0.477 e. The van der Waals surface area contributed by atoms with Gasteiger partial charge in [-0.2, -0.15) is 0 Å². The lowest BCUT2D eigenvalue weighted by Gasteiger charge is -2.14. The fourth-order valence-corrected chi connectivity index (χ4v) is 1.92. The number of aromatic carboxylic acids is 1. The number of halogens is 2. The number of carboxylic acids is 1. The summed E-state index contributed by atoms with van der Waals surface area (Å²) in [5, 5.41) is 9.09. The first kappa shape index (κ1) is 14.9. The van der Waals surface area contributed by atoms with E-state index in [1.54, 1.807) is 4.57 Å². The molecular weight excluding hydrogens is 280 g/mol. The van der Waals surface area contributed by atoms with Crippen LogP contribution in [0.15, 0.2) is 35.4 Å². The van der Waals surface area contributed by atoms with Gasteiger partial charge < -0.3 is 9.67 Å². The Hall–Kier alpha value is -2.50. The standard InChI is InChI=1S/C15H13F2NO3/c1-8(2)18-6-10(14(19)11(7-18)15(20)21)9-3-4-12(16)13(17)5-9/h3-8H,1-2H3,(H,20,21). The van der Waals surface area contributed by atoms with Gasteiger partial charge in [0.2, 0.25) is 5.43 Å². The summed E-state index contributed by atoms with van der Waals surface area (Å²) >= 11 is 0. The van der Waals surface area contributed by atoms with Crippen molar-refractivity contribution < 1.29 is 18.7 Å². The summed E-state index contributed by atoms with van der Waals surface area (Å²) in [6, 6.07) is 2.93. The third-order valence-electron chi connectivity index (χ3n) is 3.10. The lowest BCUT2D eigenvalue weighted by molar-refractivity contribution is 0.0694. The first-order valence-corrected chi connectivity index (χ1v) is 6.25. The molecule has 0 unspecified atom stereocenters. The van der Waals surface area contributed by atoms with Gasteiger partial charge in [-0.3, -0.25) is 4.79 Å². The van der Waals surface area contributed by atoms with E-state index >= 15 is 0 Å². The maximum atomic E-state index is 13.3. The summed E-state index contributed by atoms with van der Waals surface area (Å²) in [5.41, 5.74) is -0.991. The summed E-state index contributed by atoms with van der Waals surface area (Å²) in [6.07, 6.45) is 2.67. The van der Waals surface area contributed by atoms with Crippen molar-refractivity contribution in [3.8, 4) is 11.1 Å². The van der Waals surface area contributed by atoms with Gasteiger partial charge in [-0.15, -0.1) is 0 Å². The molecule has 6 heteroatoms. The minimum absolute atomic E-state index is 0.0162. The second kappa shape index (κ2) is 5.47. The Bertz CT molecular complexity index is 766. The molecule has 4 nitrogen and oxygen atoms in total. The number of carbonyl (C=O) groups is 1. The quantitative estimate of drug-likeness (QED) is 0.946. The molecule has 21 heavy (non-hydrogen) atoms. The van der Waals surface area contributed by atoms with Crippen molar-refractivity contribution in [1.82, 2.24) is 4.57 Å². The highest BCUT2D eigenvalue weighted by Crippen LogP contribution is 2.20. The van der Waals surface area contributed by atoms with E-state index in [0.717, 1.165) is 12.1 Å². The summed E-state index contributed by atoms with van der Waals surface area (Å²) in [7, 11) is 0. The van der Waals surface area contributed by atoms with E-state index < -0.39 is 28.6 Å². The fourth-order valence-electron chi connectivity index (χ4n) is 1.92. The molecule has 0 spiro atoms. The number of carboxylic acid groups (broad SMARTS) is 1. The average molecular weight is 293 g/mol. The molecule has 2 rings (SSSR count). The van der Waals surface area contributed by atoms with Gasteiger partial charge in [0, 0.05) is 24.0 Å². The molecular formula is C15H13F2NO3. The number of rotatable bonds is 3. The number of hydrogen-bond acceptors (Lipinski definition) is 2. The van der Waals surface area contributed by atoms with Gasteiger partial charge in [0.05, 0.1) is 0 Å². The second-order valence-electron chi connectivity index (χ2n) is 4.89. The Morgan fingerprint density at radius 1 is 1.19 bits per heavy atom. The second-order valence-corrected chi connectivity index (χ2v) is 4.89. The zero-order chi connectivity index (χ0) is 15.7. The number of pyridine rings is 1. The molecule has 2 aromatic rings. The predicted octanol–water partition coefficient (Wildman–Crippen LogP) is 3.07. The minimum Gasteiger partial charge on any atom is -0.477 e. The molecule has 0 bridgehead atoms. The third kappa shape index (κ3) is 2.84. The molecule has 0 fully saturated rings. The molecule has 0 saturated carbocycles. The highest BCUT2D eigenvalue weighted by Gasteiger charge is 2.17. The molecule has 1 heterocycles. The fraction of sp³-hybridized carbons (Fsp3) is 0.200. The molecule has 110 valence electrons. The molecule has 0 saturated heterocycles. The highest BCUT2D eigenvalue weighted by molar-refractivity contribution is 5.88. The SMILES string of the molecule is CC(C)n1cc(C(=O)O)c(=O)c(-c2ccc(F)c(F)c2)c1. The van der Waals surface area contributed by atoms with E-state index in [0.29, 0.717) is 0 Å². The monoisotopic (exact) mass is 293 g/mol. The van der Waals surface area contributed by atoms with Crippen LogP contribution in [0.5, 0.6) is 0 Å². The van der Waals surface area contributed by atoms with Gasteiger partial charge in [0.25, 0.3) is 0 Å². The van der Waals surface area contributed by atoms with Crippen LogP contribution in [0.4, 0.5) is 8.78 Å². The lowest BCUT2D eigenvalue weighted by atomic mass is 10.0. The Kier molecular flexibility index (Phi) is 3.88. The average Bonchev–Trinajstić information content (AvgIpc) is 2.41. The molecule has 0 amide bonds. The van der Waals surface area contributed by atoms with Crippen LogP contribution in [0.2, 0.25) is 0 Å². The summed E-state index contributed by atoms with van der Waals surface area (Å²) < 4.78 is 27.8. The van der Waals surface area contributed by atoms with E-state index in [4.69, 9.17) is 5.11 Å². The molecule has 0 radical (unpaired) electrons. The number of hydrogen-bond donors (Lipinski definition) is 1. The van der Waals surface area contributed by atoms with Crippen LogP contribution in [-0.4, -0.2) is 15.6 Å². The van der Waals surface area contributed by atoms with Gasteiger partial charge in [0.1, 0.15) is 5.56 Å². The Labute approximate surface area is 119 Å². The van der Waals surface area contributed by atoms with Crippen LogP contribution in [0.3, 0.4) is 0 Å². The summed E-state index contributed by atoms with van der Waals surface area (Å²) in [5.74, 6) is -3.49. The number of benzene rings is 1. The molecule has 0 aliphatic carbocycles. The van der Waals surface area contributed by atoms with Crippen molar-refractivity contribution in [3.63, 3.8) is 0 Å². The molecule has 1 aromatic carbocycles. The summed E-state index contributed by atoms with van der Waals surface area (Å²) in [6.45, 7) is 3.62. The van der Waals surface area contributed by atoms with Crippen molar-refractivity contribution in [2.24, 2.45) is 0 Å². The topological polar surface area (TPSA) is 59.3 Å². The lowest BCUT2D eigenvalue weighted by Crippen LogP contribution is -2.20. The Balaban J connectivity index is 2.75. The molecule has 1 N–H and O–H groups in total. The van der Waals surface area contributed by atoms with Gasteiger partial charge in [-0.05, 0) is 31.5 Å². The first-order chi connectivity index (χ1) is 9.81. The van der Waals surface area contributed by atoms with Gasteiger partial charge in [-0.25, -0.2) is 13.6 Å². The van der Waals surface area contributed by atoms with Crippen molar-refractivity contribution in [1.29, 1.82) is 0 Å². The smallest absolute Gasteiger partial charge is 0.341 e. The minimum atomic E-state index is -1.36. The van der Waals surface area contributed by atoms with E-state index in [2.05, 4.69) is 0 Å². The third-order valence-corrected chi connectivity index (χ3v) is 3.10. The van der Waals surface area contributed by atoms with E-state index in [1.807, 2.05) is 13.8 Å². The zero-order valence-corrected chi connectivity index (χ0v) is 11.4. The number of nitrogens with zero attached hydrogens (tertiary/aromatic N) is 1. The van der Waals surface area contributed by atoms with Crippen LogP contribution < -0.4 is 5.43 Å². The Morgan fingerprint density at radius 3 is 2.38 bits per heavy atom. The molecule has 1 aromatic heterocycles. The number of aromatic nitrogens is 1. The predicted molar refractivity (Wildman–Crippen MR) is 73.4 cm³/mol. The van der Waals surface area contributed by atoms with Crippen LogP contribution in [0, 0.1) is 11.6 Å². The normalized spacial score (nSPS) is 10.9. The van der Waals surface area contributed by atoms with Crippen molar-refractivity contribution >= 4 is 5.97 Å². The maximum Gasteiger partial charge on any atom is 0.341 e. The van der Waals surface area contributed by atoms with Gasteiger partial charge in [-0.1, -0.05) is 6.07 Å². The van der Waals surface area contributed by atoms with Crippen molar-refractivity contribution in [2.45, 2.75) is 19.9 Å². The highest BCUT2D eigenvalue weighted by atomic mass is 19.2. The first-order valence-electron chi connectivity index (χ1n) is 6.25. The van der Waals surface area contributed by atoms with E-state index in [-0.39, 0.29) is 17.2 Å². The molecule has 0 aliphatic rings. The van der Waals surface area contributed by atoms with Crippen LogP contribution in [0.1, 0.15) is 30.2 Å². The van der Waals surface area contributed by atoms with E-state index in [1.165, 1.54) is 18.5 Å². The van der Waals surface area contributed by atoms with Crippen molar-refractivity contribution in [2.75, 3.05) is 0 Å². The molecule has 0 aliphatic heterocycles. The van der Waals surface area contributed by atoms with Crippen LogP contribution in [0.25, 0.3) is 11.1 Å². The zero-order valence-electron chi connectivity index (χ0n) is 11.4. The van der Waals surface area contributed by atoms with Gasteiger partial charge in [0.15, 0.2) is 11.6 Å².